The van der Waals surface area contributed by atoms with Gasteiger partial charge in [-0.1, -0.05) is 17.7 Å². The first-order valence-electron chi connectivity index (χ1n) is 5.37. The van der Waals surface area contributed by atoms with Crippen molar-refractivity contribution in [2.24, 2.45) is 5.73 Å². The summed E-state index contributed by atoms with van der Waals surface area (Å²) < 4.78 is 44.9. The molecule has 3 nitrogen and oxygen atoms in total. The summed E-state index contributed by atoms with van der Waals surface area (Å²) in [6.07, 6.45) is 0. The van der Waals surface area contributed by atoms with Crippen LogP contribution in [0.5, 0.6) is 0 Å². The van der Waals surface area contributed by atoms with E-state index < -0.39 is 29.3 Å². The Bertz CT molecular complexity index is 455. The van der Waals surface area contributed by atoms with Gasteiger partial charge in [0.2, 0.25) is 0 Å². The minimum absolute atomic E-state index is 0. The first kappa shape index (κ1) is 17.7. The van der Waals surface area contributed by atoms with E-state index in [0.717, 1.165) is 6.07 Å². The number of aryl methyl sites for hydroxylation is 1. The maximum absolute atomic E-state index is 13.6. The zero-order chi connectivity index (χ0) is 13.9. The third-order valence-electron chi connectivity index (χ3n) is 2.42. The fraction of sp³-hybridized carbons (Fsp3) is 0.417. The van der Waals surface area contributed by atoms with Crippen molar-refractivity contribution >= 4 is 18.4 Å². The van der Waals surface area contributed by atoms with Crippen LogP contribution < -0.4 is 5.73 Å². The Balaban J connectivity index is 0.00000324. The molecule has 1 aromatic rings. The van der Waals surface area contributed by atoms with Gasteiger partial charge in [-0.25, -0.2) is 9.18 Å². The number of rotatable bonds is 4. The minimum atomic E-state index is -3.97. The molecule has 108 valence electrons. The molecule has 0 bridgehead atoms. The smallest absolute Gasteiger partial charge is 0.379 e. The predicted molar refractivity (Wildman–Crippen MR) is 66.9 cm³/mol. The van der Waals surface area contributed by atoms with Gasteiger partial charge in [-0.3, -0.25) is 0 Å². The zero-order valence-corrected chi connectivity index (χ0v) is 11.3. The summed E-state index contributed by atoms with van der Waals surface area (Å²) in [6.45, 7) is 2.81. The fourth-order valence-electron chi connectivity index (χ4n) is 1.45. The molecule has 1 atom stereocenters. The molecule has 0 saturated heterocycles. The predicted octanol–water partition coefficient (Wildman–Crippen LogP) is 2.75. The molecule has 19 heavy (non-hydrogen) atoms. The molecule has 0 aromatic heterocycles. The Labute approximate surface area is 115 Å². The molecule has 0 fully saturated rings. The van der Waals surface area contributed by atoms with Crippen LogP contribution in [-0.2, 0) is 9.53 Å². The summed E-state index contributed by atoms with van der Waals surface area (Å²) in [6, 6.07) is 1.57. The largest absolute Gasteiger partial charge is 0.462 e. The summed E-state index contributed by atoms with van der Waals surface area (Å²) in [5.41, 5.74) is 5.44. The molecule has 0 amide bonds. The fourth-order valence-corrected chi connectivity index (χ4v) is 1.45. The standard InChI is InChI=1S/C12H14F3NO2.ClH/c1-3-18-11(17)12(14,15)10(16)8-6-7(2)4-5-9(8)13;/h4-6,10H,3,16H2,1-2H3;1H/t10-;/m0./s1. The molecule has 7 heteroatoms. The van der Waals surface area contributed by atoms with Crippen LogP contribution in [0.2, 0.25) is 0 Å². The lowest BCUT2D eigenvalue weighted by Crippen LogP contribution is -2.42. The van der Waals surface area contributed by atoms with Gasteiger partial charge >= 0.3 is 11.9 Å². The second kappa shape index (κ2) is 6.77. The highest BCUT2D eigenvalue weighted by molar-refractivity contribution is 5.85. The SMILES string of the molecule is CCOC(=O)C(F)(F)[C@@H](N)c1cc(C)ccc1F.Cl. The van der Waals surface area contributed by atoms with Crippen LogP contribution in [0, 0.1) is 12.7 Å². The quantitative estimate of drug-likeness (QED) is 0.870. The number of nitrogens with two attached hydrogens (primary N) is 1. The molecule has 0 heterocycles. The zero-order valence-electron chi connectivity index (χ0n) is 10.5. The summed E-state index contributed by atoms with van der Waals surface area (Å²) in [7, 11) is 0. The number of hydrogen-bond donors (Lipinski definition) is 1. The molecule has 0 spiro atoms. The van der Waals surface area contributed by atoms with E-state index in [4.69, 9.17) is 5.73 Å². The molecular formula is C12H15ClF3NO2. The van der Waals surface area contributed by atoms with E-state index in [0.29, 0.717) is 5.56 Å². The van der Waals surface area contributed by atoms with Crippen molar-refractivity contribution in [2.45, 2.75) is 25.8 Å². The topological polar surface area (TPSA) is 52.3 Å². The van der Waals surface area contributed by atoms with Crippen LogP contribution in [0.4, 0.5) is 13.2 Å². The molecule has 0 aliphatic heterocycles. The highest BCUT2D eigenvalue weighted by atomic mass is 35.5. The van der Waals surface area contributed by atoms with E-state index in [1.807, 2.05) is 0 Å². The van der Waals surface area contributed by atoms with Crippen molar-refractivity contribution < 1.29 is 22.7 Å². The van der Waals surface area contributed by atoms with Crippen LogP contribution in [-0.4, -0.2) is 18.5 Å². The van der Waals surface area contributed by atoms with Crippen molar-refractivity contribution in [1.82, 2.24) is 0 Å². The van der Waals surface area contributed by atoms with Gasteiger partial charge in [-0.05, 0) is 19.9 Å². The van der Waals surface area contributed by atoms with Crippen molar-refractivity contribution in [3.63, 3.8) is 0 Å². The molecule has 1 rings (SSSR count). The highest BCUT2D eigenvalue weighted by Crippen LogP contribution is 2.32. The van der Waals surface area contributed by atoms with Crippen LogP contribution in [0.3, 0.4) is 0 Å². The van der Waals surface area contributed by atoms with Gasteiger partial charge in [0.25, 0.3) is 0 Å². The summed E-state index contributed by atoms with van der Waals surface area (Å²) in [5, 5.41) is 0. The third-order valence-corrected chi connectivity index (χ3v) is 2.42. The number of alkyl halides is 2. The van der Waals surface area contributed by atoms with Crippen molar-refractivity contribution in [2.75, 3.05) is 6.61 Å². The van der Waals surface area contributed by atoms with Crippen LogP contribution in [0.15, 0.2) is 18.2 Å². The van der Waals surface area contributed by atoms with E-state index >= 15 is 0 Å². The van der Waals surface area contributed by atoms with Crippen molar-refractivity contribution in [1.29, 1.82) is 0 Å². The van der Waals surface area contributed by atoms with Crippen molar-refractivity contribution in [3.8, 4) is 0 Å². The van der Waals surface area contributed by atoms with Crippen LogP contribution in [0.25, 0.3) is 0 Å². The summed E-state index contributed by atoms with van der Waals surface area (Å²) >= 11 is 0. The van der Waals surface area contributed by atoms with Gasteiger partial charge in [-0.2, -0.15) is 8.78 Å². The van der Waals surface area contributed by atoms with Gasteiger partial charge in [0.15, 0.2) is 0 Å². The molecule has 0 aliphatic rings. The van der Waals surface area contributed by atoms with Gasteiger partial charge in [0.1, 0.15) is 11.9 Å². The van der Waals surface area contributed by atoms with E-state index in [9.17, 15) is 18.0 Å². The first-order valence-corrected chi connectivity index (χ1v) is 5.37. The van der Waals surface area contributed by atoms with Gasteiger partial charge in [0, 0.05) is 5.56 Å². The van der Waals surface area contributed by atoms with Crippen LogP contribution in [0.1, 0.15) is 24.1 Å². The molecule has 0 aliphatic carbocycles. The van der Waals surface area contributed by atoms with E-state index in [2.05, 4.69) is 4.74 Å². The summed E-state index contributed by atoms with van der Waals surface area (Å²) in [5.74, 6) is -6.60. The van der Waals surface area contributed by atoms with Gasteiger partial charge < -0.3 is 10.5 Å². The summed E-state index contributed by atoms with van der Waals surface area (Å²) in [4.78, 5) is 11.1. The number of halogens is 4. The highest BCUT2D eigenvalue weighted by Gasteiger charge is 2.48. The Morgan fingerprint density at radius 1 is 1.47 bits per heavy atom. The molecule has 1 aromatic carbocycles. The van der Waals surface area contributed by atoms with Gasteiger partial charge in [0.05, 0.1) is 6.61 Å². The van der Waals surface area contributed by atoms with E-state index in [-0.39, 0.29) is 19.0 Å². The number of ether oxygens (including phenoxy) is 1. The average Bonchev–Trinajstić information content (AvgIpc) is 2.31. The monoisotopic (exact) mass is 297 g/mol. The second-order valence-corrected chi connectivity index (χ2v) is 3.85. The Morgan fingerprint density at radius 3 is 2.58 bits per heavy atom. The Morgan fingerprint density at radius 2 is 2.05 bits per heavy atom. The number of carbonyl (C=O) groups excluding carboxylic acids is 1. The molecule has 0 saturated carbocycles. The lowest BCUT2D eigenvalue weighted by Gasteiger charge is -2.22. The maximum atomic E-state index is 13.6. The molecule has 2 N–H and O–H groups in total. The minimum Gasteiger partial charge on any atom is -0.462 e. The molecule has 0 radical (unpaired) electrons. The van der Waals surface area contributed by atoms with E-state index in [1.165, 1.54) is 19.1 Å². The average molecular weight is 298 g/mol. The first-order chi connectivity index (χ1) is 8.30. The normalized spacial score (nSPS) is 12.5. The molecule has 0 unspecified atom stereocenters. The second-order valence-electron chi connectivity index (χ2n) is 3.85. The number of hydrogen-bond acceptors (Lipinski definition) is 3. The van der Waals surface area contributed by atoms with Crippen LogP contribution >= 0.6 is 12.4 Å². The number of benzene rings is 1. The van der Waals surface area contributed by atoms with Crippen molar-refractivity contribution in [3.05, 3.63) is 35.1 Å². The molecular weight excluding hydrogens is 283 g/mol. The lowest BCUT2D eigenvalue weighted by atomic mass is 9.99. The van der Waals surface area contributed by atoms with Gasteiger partial charge in [-0.15, -0.1) is 12.4 Å². The number of carbonyl (C=O) groups is 1. The Kier molecular flexibility index (Phi) is 6.32. The Hall–Kier alpha value is -1.27. The number of esters is 1. The maximum Gasteiger partial charge on any atom is 0.379 e. The third kappa shape index (κ3) is 3.84. The lowest BCUT2D eigenvalue weighted by molar-refractivity contribution is -0.174. The van der Waals surface area contributed by atoms with E-state index in [1.54, 1.807) is 6.92 Å².